The first-order chi connectivity index (χ1) is 16.4. The Morgan fingerprint density at radius 2 is 1.94 bits per heavy atom. The molecule has 0 aliphatic heterocycles. The van der Waals surface area contributed by atoms with Gasteiger partial charge in [-0.25, -0.2) is 4.79 Å². The summed E-state index contributed by atoms with van der Waals surface area (Å²) in [6, 6.07) is 7.71. The van der Waals surface area contributed by atoms with Gasteiger partial charge in [-0.15, -0.1) is 0 Å². The van der Waals surface area contributed by atoms with Crippen molar-refractivity contribution in [1.29, 1.82) is 0 Å². The summed E-state index contributed by atoms with van der Waals surface area (Å²) in [6.07, 6.45) is 7.11. The predicted octanol–water partition coefficient (Wildman–Crippen LogP) is 4.96. The molecule has 1 aromatic carbocycles. The number of aryl methyl sites for hydroxylation is 1. The number of fused-ring (bicyclic) bond motifs is 1. The van der Waals surface area contributed by atoms with Crippen LogP contribution in [-0.2, 0) is 16.1 Å². The maximum atomic E-state index is 12.5. The highest BCUT2D eigenvalue weighted by molar-refractivity contribution is 5.71. The zero-order valence-electron chi connectivity index (χ0n) is 19.5. The third kappa shape index (κ3) is 4.54. The van der Waals surface area contributed by atoms with Crippen LogP contribution in [-0.4, -0.2) is 46.4 Å². The topological polar surface area (TPSA) is 102 Å². The molecular weight excluding hydrogens is 436 g/mol. The first kappa shape index (κ1) is 22.5. The van der Waals surface area contributed by atoms with Crippen LogP contribution < -0.4 is 4.74 Å². The SMILES string of the molecule is Cc1noc(-c2ccc(O[C@@H]3C[C@H](C(=O)O)CC4=C[C@@H]43)cc2)c1COC(=O)N(C)C1CCCC1. The number of carbonyl (C=O) groups excluding carboxylic acids is 1. The van der Waals surface area contributed by atoms with Crippen LogP contribution in [0.2, 0.25) is 0 Å². The highest BCUT2D eigenvalue weighted by Crippen LogP contribution is 2.46. The Balaban J connectivity index is 1.23. The second-order valence-corrected chi connectivity index (χ2v) is 9.60. The van der Waals surface area contributed by atoms with Gasteiger partial charge in [0.1, 0.15) is 18.5 Å². The van der Waals surface area contributed by atoms with E-state index in [1.54, 1.807) is 11.9 Å². The summed E-state index contributed by atoms with van der Waals surface area (Å²) < 4.78 is 17.3. The Hall–Kier alpha value is -3.29. The monoisotopic (exact) mass is 466 g/mol. The number of benzene rings is 1. The molecule has 8 nitrogen and oxygen atoms in total. The molecule has 1 heterocycles. The molecule has 34 heavy (non-hydrogen) atoms. The Bertz CT molecular complexity index is 1100. The fraction of sp³-hybridized carbons (Fsp3) is 0.500. The molecule has 2 fully saturated rings. The highest BCUT2D eigenvalue weighted by Gasteiger charge is 2.44. The maximum absolute atomic E-state index is 12.5. The van der Waals surface area contributed by atoms with Crippen molar-refractivity contribution in [3.8, 4) is 17.1 Å². The molecule has 2 aromatic rings. The van der Waals surface area contributed by atoms with Crippen molar-refractivity contribution in [2.75, 3.05) is 7.05 Å². The predicted molar refractivity (Wildman–Crippen MR) is 123 cm³/mol. The zero-order chi connectivity index (χ0) is 23.8. The Morgan fingerprint density at radius 1 is 1.21 bits per heavy atom. The lowest BCUT2D eigenvalue weighted by atomic mass is 9.86. The molecule has 1 aromatic heterocycles. The van der Waals surface area contributed by atoms with Gasteiger partial charge in [0.15, 0.2) is 5.76 Å². The van der Waals surface area contributed by atoms with Gasteiger partial charge >= 0.3 is 12.1 Å². The summed E-state index contributed by atoms with van der Waals surface area (Å²) in [4.78, 5) is 25.6. The van der Waals surface area contributed by atoms with Gasteiger partial charge < -0.3 is 24.0 Å². The van der Waals surface area contributed by atoms with E-state index in [9.17, 15) is 14.7 Å². The Kier molecular flexibility index (Phi) is 6.06. The number of amides is 1. The van der Waals surface area contributed by atoms with Crippen molar-refractivity contribution in [3.05, 3.63) is 47.2 Å². The molecule has 0 saturated heterocycles. The maximum Gasteiger partial charge on any atom is 0.410 e. The number of rotatable bonds is 7. The second-order valence-electron chi connectivity index (χ2n) is 9.60. The van der Waals surface area contributed by atoms with Crippen molar-refractivity contribution in [1.82, 2.24) is 10.1 Å². The molecule has 3 atom stereocenters. The summed E-state index contributed by atoms with van der Waals surface area (Å²) in [5, 5.41) is 13.5. The number of carboxylic acid groups (broad SMARTS) is 1. The molecule has 5 rings (SSSR count). The number of hydrogen-bond donors (Lipinski definition) is 1. The van der Waals surface area contributed by atoms with Crippen molar-refractivity contribution in [3.63, 3.8) is 0 Å². The van der Waals surface area contributed by atoms with Crippen molar-refractivity contribution < 1.29 is 28.7 Å². The minimum absolute atomic E-state index is 0.0909. The lowest BCUT2D eigenvalue weighted by Crippen LogP contribution is -2.35. The van der Waals surface area contributed by atoms with Gasteiger partial charge in [0.2, 0.25) is 0 Å². The number of aromatic nitrogens is 1. The normalized spacial score (nSPS) is 23.7. The summed E-state index contributed by atoms with van der Waals surface area (Å²) >= 11 is 0. The molecule has 2 saturated carbocycles. The van der Waals surface area contributed by atoms with Gasteiger partial charge in [-0.05, 0) is 56.9 Å². The average Bonchev–Trinajstić information content (AvgIpc) is 3.24. The molecule has 3 aliphatic carbocycles. The van der Waals surface area contributed by atoms with Gasteiger partial charge in [-0.1, -0.05) is 29.6 Å². The van der Waals surface area contributed by atoms with Gasteiger partial charge in [0.25, 0.3) is 0 Å². The number of carbonyl (C=O) groups is 2. The van der Waals surface area contributed by atoms with E-state index < -0.39 is 5.97 Å². The summed E-state index contributed by atoms with van der Waals surface area (Å²) in [7, 11) is 1.80. The van der Waals surface area contributed by atoms with Gasteiger partial charge in [0.05, 0.1) is 17.2 Å². The molecule has 0 spiro atoms. The van der Waals surface area contributed by atoms with Crippen LogP contribution in [0.1, 0.15) is 49.8 Å². The van der Waals surface area contributed by atoms with E-state index in [2.05, 4.69) is 11.2 Å². The Morgan fingerprint density at radius 3 is 2.65 bits per heavy atom. The average molecular weight is 467 g/mol. The quantitative estimate of drug-likeness (QED) is 0.576. The zero-order valence-corrected chi connectivity index (χ0v) is 19.5. The van der Waals surface area contributed by atoms with Crippen LogP contribution in [0.3, 0.4) is 0 Å². The first-order valence-corrected chi connectivity index (χ1v) is 12.0. The largest absolute Gasteiger partial charge is 0.489 e. The van der Waals surface area contributed by atoms with E-state index in [1.165, 1.54) is 5.57 Å². The number of aliphatic carboxylic acids is 1. The molecule has 0 bridgehead atoms. The van der Waals surface area contributed by atoms with Crippen LogP contribution in [0.25, 0.3) is 11.3 Å². The highest BCUT2D eigenvalue weighted by atomic mass is 16.6. The molecule has 180 valence electrons. The van der Waals surface area contributed by atoms with Gasteiger partial charge in [0, 0.05) is 24.6 Å². The van der Waals surface area contributed by atoms with Crippen molar-refractivity contribution in [2.24, 2.45) is 11.8 Å². The van der Waals surface area contributed by atoms with Crippen LogP contribution in [0.5, 0.6) is 5.75 Å². The lowest BCUT2D eigenvalue weighted by Gasteiger charge is -2.27. The molecular formula is C26H30N2O6. The number of hydrogen-bond acceptors (Lipinski definition) is 6. The Labute approximate surface area is 198 Å². The first-order valence-electron chi connectivity index (χ1n) is 12.0. The third-order valence-corrected chi connectivity index (χ3v) is 7.35. The van der Waals surface area contributed by atoms with E-state index in [0.29, 0.717) is 30.0 Å². The number of nitrogens with zero attached hydrogens (tertiary/aromatic N) is 2. The standard InChI is InChI=1S/C26H30N2O6/c1-15-22(14-32-26(31)28(2)19-5-3-4-6-19)24(34-27-15)16-7-9-20(10-8-16)33-23-13-18(25(29)30)11-17-12-21(17)23/h7-10,12,18-19,21,23H,3-6,11,13-14H2,1-2H3,(H,29,30)/t18-,21+,23-/m1/s1. The fourth-order valence-electron chi connectivity index (χ4n) is 5.16. The lowest BCUT2D eigenvalue weighted by molar-refractivity contribution is -0.143. The molecule has 1 amide bonds. The summed E-state index contributed by atoms with van der Waals surface area (Å²) in [5.41, 5.74) is 3.42. The number of ether oxygens (including phenoxy) is 2. The molecule has 0 unspecified atom stereocenters. The van der Waals surface area contributed by atoms with Crippen LogP contribution in [0.4, 0.5) is 4.79 Å². The molecule has 0 radical (unpaired) electrons. The van der Waals surface area contributed by atoms with Gasteiger partial charge in [-0.3, -0.25) is 4.79 Å². The molecule has 1 N–H and O–H groups in total. The van der Waals surface area contributed by atoms with E-state index in [4.69, 9.17) is 14.0 Å². The van der Waals surface area contributed by atoms with Crippen molar-refractivity contribution >= 4 is 12.1 Å². The third-order valence-electron chi connectivity index (χ3n) is 7.35. The molecule has 8 heteroatoms. The minimum atomic E-state index is -0.765. The fourth-order valence-corrected chi connectivity index (χ4v) is 5.16. The van der Waals surface area contributed by atoms with E-state index in [0.717, 1.165) is 36.8 Å². The van der Waals surface area contributed by atoms with E-state index in [1.807, 2.05) is 31.2 Å². The minimum Gasteiger partial charge on any atom is -0.489 e. The summed E-state index contributed by atoms with van der Waals surface area (Å²) in [5.74, 6) is 0.357. The molecule has 3 aliphatic rings. The van der Waals surface area contributed by atoms with Crippen LogP contribution >= 0.6 is 0 Å². The summed E-state index contributed by atoms with van der Waals surface area (Å²) in [6.45, 7) is 1.92. The van der Waals surface area contributed by atoms with Crippen molar-refractivity contribution in [2.45, 2.75) is 64.2 Å². The van der Waals surface area contributed by atoms with Crippen LogP contribution in [0.15, 0.2) is 40.4 Å². The second kappa shape index (κ2) is 9.16. The van der Waals surface area contributed by atoms with Gasteiger partial charge in [-0.2, -0.15) is 0 Å². The van der Waals surface area contributed by atoms with Crippen LogP contribution in [0, 0.1) is 18.8 Å². The van der Waals surface area contributed by atoms with E-state index in [-0.39, 0.29) is 36.7 Å². The smallest absolute Gasteiger partial charge is 0.410 e. The van der Waals surface area contributed by atoms with E-state index >= 15 is 0 Å². The number of carboxylic acids is 1.